The molecule has 2 rings (SSSR count). The van der Waals surface area contributed by atoms with Crippen molar-refractivity contribution < 1.29 is 0 Å². The van der Waals surface area contributed by atoms with E-state index in [2.05, 4.69) is 21.5 Å². The number of imidazole rings is 1. The zero-order chi connectivity index (χ0) is 11.2. The number of hydrogen-bond donors (Lipinski definition) is 0. The molecular formula is C12H15N3S. The predicted octanol–water partition coefficient (Wildman–Crippen LogP) is 3.23. The molecule has 2 aromatic heterocycles. The number of nitrogens with zero attached hydrogens (tertiary/aromatic N) is 3. The molecule has 16 heavy (non-hydrogen) atoms. The van der Waals surface area contributed by atoms with Crippen LogP contribution in [0.1, 0.15) is 19.8 Å². The van der Waals surface area contributed by atoms with Crippen LogP contribution < -0.4 is 0 Å². The molecule has 0 aliphatic heterocycles. The van der Waals surface area contributed by atoms with E-state index in [1.807, 2.05) is 36.8 Å². The van der Waals surface area contributed by atoms with E-state index in [9.17, 15) is 0 Å². The minimum absolute atomic E-state index is 0.992. The van der Waals surface area contributed by atoms with Crippen molar-refractivity contribution in [3.8, 4) is 0 Å². The van der Waals surface area contributed by atoms with Gasteiger partial charge in [-0.1, -0.05) is 19.4 Å². The number of aromatic nitrogens is 3. The molecule has 0 fully saturated rings. The number of pyridine rings is 1. The van der Waals surface area contributed by atoms with Crippen molar-refractivity contribution in [1.29, 1.82) is 0 Å². The first-order chi connectivity index (χ1) is 7.90. The van der Waals surface area contributed by atoms with Gasteiger partial charge in [-0.25, -0.2) is 9.97 Å². The Balaban J connectivity index is 2.07. The van der Waals surface area contributed by atoms with Crippen molar-refractivity contribution in [3.05, 3.63) is 36.8 Å². The first-order valence-corrected chi connectivity index (χ1v) is 6.32. The van der Waals surface area contributed by atoms with E-state index in [4.69, 9.17) is 0 Å². The minimum atomic E-state index is 0.992. The lowest BCUT2D eigenvalue weighted by Gasteiger charge is -2.05. The van der Waals surface area contributed by atoms with Crippen LogP contribution in [0.15, 0.2) is 47.0 Å². The summed E-state index contributed by atoms with van der Waals surface area (Å²) in [4.78, 5) is 8.63. The van der Waals surface area contributed by atoms with Gasteiger partial charge in [0.1, 0.15) is 5.03 Å². The summed E-state index contributed by atoms with van der Waals surface area (Å²) >= 11 is 1.61. The fourth-order valence-electron chi connectivity index (χ4n) is 1.40. The largest absolute Gasteiger partial charge is 0.326 e. The van der Waals surface area contributed by atoms with Crippen LogP contribution in [0.4, 0.5) is 0 Å². The quantitative estimate of drug-likeness (QED) is 0.794. The molecular weight excluding hydrogens is 218 g/mol. The van der Waals surface area contributed by atoms with Gasteiger partial charge in [0.2, 0.25) is 0 Å². The molecule has 0 amide bonds. The standard InChI is InChI=1S/C12H15N3S/c1-2-3-9-15-10-8-14-12(15)16-11-6-4-5-7-13-11/h4-8,10H,2-3,9H2,1H3. The molecule has 0 saturated carbocycles. The zero-order valence-electron chi connectivity index (χ0n) is 9.34. The number of hydrogen-bond acceptors (Lipinski definition) is 3. The normalized spacial score (nSPS) is 10.6. The molecule has 0 spiro atoms. The topological polar surface area (TPSA) is 30.7 Å². The molecule has 0 aromatic carbocycles. The molecule has 0 radical (unpaired) electrons. The molecule has 2 heterocycles. The van der Waals surface area contributed by atoms with Crippen LogP contribution in [0.3, 0.4) is 0 Å². The maximum atomic E-state index is 4.35. The summed E-state index contributed by atoms with van der Waals surface area (Å²) in [5.74, 6) is 0. The molecule has 0 aliphatic carbocycles. The van der Waals surface area contributed by atoms with E-state index in [1.165, 1.54) is 12.8 Å². The van der Waals surface area contributed by atoms with Gasteiger partial charge >= 0.3 is 0 Å². The smallest absolute Gasteiger partial charge is 0.174 e. The number of unbranched alkanes of at least 4 members (excludes halogenated alkanes) is 1. The van der Waals surface area contributed by atoms with Crippen LogP contribution in [0.25, 0.3) is 0 Å². The maximum absolute atomic E-state index is 4.35. The Kier molecular flexibility index (Phi) is 3.99. The van der Waals surface area contributed by atoms with E-state index in [1.54, 1.807) is 11.8 Å². The van der Waals surface area contributed by atoms with E-state index in [0.717, 1.165) is 16.7 Å². The highest BCUT2D eigenvalue weighted by Gasteiger charge is 2.04. The molecule has 0 saturated heterocycles. The zero-order valence-corrected chi connectivity index (χ0v) is 10.2. The molecule has 0 N–H and O–H groups in total. The summed E-state index contributed by atoms with van der Waals surface area (Å²) in [6, 6.07) is 5.92. The van der Waals surface area contributed by atoms with Gasteiger partial charge in [-0.2, -0.15) is 0 Å². The summed E-state index contributed by atoms with van der Waals surface area (Å²) in [6.45, 7) is 3.23. The second-order valence-electron chi connectivity index (χ2n) is 3.53. The fourth-order valence-corrected chi connectivity index (χ4v) is 2.23. The van der Waals surface area contributed by atoms with Crippen LogP contribution in [-0.2, 0) is 6.54 Å². The van der Waals surface area contributed by atoms with E-state index < -0.39 is 0 Å². The highest BCUT2D eigenvalue weighted by molar-refractivity contribution is 7.99. The predicted molar refractivity (Wildman–Crippen MR) is 65.5 cm³/mol. The lowest BCUT2D eigenvalue weighted by Crippen LogP contribution is -1.98. The first-order valence-electron chi connectivity index (χ1n) is 5.50. The lowest BCUT2D eigenvalue weighted by molar-refractivity contribution is 0.587. The molecule has 2 aromatic rings. The Morgan fingerprint density at radius 1 is 1.25 bits per heavy atom. The summed E-state index contributed by atoms with van der Waals surface area (Å²) < 4.78 is 2.18. The molecule has 84 valence electrons. The van der Waals surface area contributed by atoms with Gasteiger partial charge in [0.25, 0.3) is 0 Å². The van der Waals surface area contributed by atoms with Crippen molar-refractivity contribution >= 4 is 11.8 Å². The molecule has 3 nitrogen and oxygen atoms in total. The van der Waals surface area contributed by atoms with Gasteiger partial charge in [0.05, 0.1) is 0 Å². The van der Waals surface area contributed by atoms with Crippen molar-refractivity contribution in [3.63, 3.8) is 0 Å². The highest BCUT2D eigenvalue weighted by atomic mass is 32.2. The van der Waals surface area contributed by atoms with Crippen LogP contribution in [-0.4, -0.2) is 14.5 Å². The molecule has 0 aliphatic rings. The monoisotopic (exact) mass is 233 g/mol. The van der Waals surface area contributed by atoms with Crippen LogP contribution in [0.2, 0.25) is 0 Å². The maximum Gasteiger partial charge on any atom is 0.174 e. The van der Waals surface area contributed by atoms with Gasteiger partial charge in [0.15, 0.2) is 5.16 Å². The third kappa shape index (κ3) is 2.85. The van der Waals surface area contributed by atoms with E-state index in [0.29, 0.717) is 0 Å². The Labute approximate surface area is 99.9 Å². The molecule has 0 unspecified atom stereocenters. The van der Waals surface area contributed by atoms with Crippen molar-refractivity contribution in [1.82, 2.24) is 14.5 Å². The second-order valence-corrected chi connectivity index (χ2v) is 4.51. The van der Waals surface area contributed by atoms with Gasteiger partial charge < -0.3 is 4.57 Å². The Morgan fingerprint density at radius 2 is 2.19 bits per heavy atom. The van der Waals surface area contributed by atoms with Crippen molar-refractivity contribution in [2.45, 2.75) is 36.5 Å². The summed E-state index contributed by atoms with van der Waals surface area (Å²) in [5, 5.41) is 2.01. The average Bonchev–Trinajstić information content (AvgIpc) is 2.75. The number of rotatable bonds is 5. The third-order valence-electron chi connectivity index (χ3n) is 2.26. The summed E-state index contributed by atoms with van der Waals surface area (Å²) in [7, 11) is 0. The highest BCUT2D eigenvalue weighted by Crippen LogP contribution is 2.23. The fraction of sp³-hybridized carbons (Fsp3) is 0.333. The SMILES string of the molecule is CCCCn1ccnc1Sc1ccccn1. The van der Waals surface area contributed by atoms with Crippen LogP contribution >= 0.6 is 11.8 Å². The average molecular weight is 233 g/mol. The first kappa shape index (κ1) is 11.2. The molecule has 4 heteroatoms. The van der Waals surface area contributed by atoms with Gasteiger partial charge in [0, 0.05) is 25.1 Å². The Morgan fingerprint density at radius 3 is 2.94 bits per heavy atom. The minimum Gasteiger partial charge on any atom is -0.326 e. The Hall–Kier alpha value is -1.29. The molecule has 0 bridgehead atoms. The van der Waals surface area contributed by atoms with Crippen LogP contribution in [0, 0.1) is 0 Å². The van der Waals surface area contributed by atoms with Crippen LogP contribution in [0.5, 0.6) is 0 Å². The van der Waals surface area contributed by atoms with Crippen molar-refractivity contribution in [2.75, 3.05) is 0 Å². The lowest BCUT2D eigenvalue weighted by atomic mass is 10.3. The Bertz CT molecular complexity index is 425. The van der Waals surface area contributed by atoms with Gasteiger partial charge in [-0.3, -0.25) is 0 Å². The van der Waals surface area contributed by atoms with E-state index in [-0.39, 0.29) is 0 Å². The van der Waals surface area contributed by atoms with Crippen molar-refractivity contribution in [2.24, 2.45) is 0 Å². The third-order valence-corrected chi connectivity index (χ3v) is 3.24. The summed E-state index contributed by atoms with van der Waals surface area (Å²) in [6.07, 6.45) is 8.07. The summed E-state index contributed by atoms with van der Waals surface area (Å²) in [5.41, 5.74) is 0. The van der Waals surface area contributed by atoms with E-state index >= 15 is 0 Å². The van der Waals surface area contributed by atoms with Gasteiger partial charge in [-0.15, -0.1) is 0 Å². The second kappa shape index (κ2) is 5.70. The number of aryl methyl sites for hydroxylation is 1. The van der Waals surface area contributed by atoms with Gasteiger partial charge in [-0.05, 0) is 30.3 Å². The molecule has 0 atom stereocenters.